The summed E-state index contributed by atoms with van der Waals surface area (Å²) in [6.07, 6.45) is 2.12. The Balaban J connectivity index is 1.71. The Hall–Kier alpha value is -3.97. The van der Waals surface area contributed by atoms with Gasteiger partial charge in [-0.25, -0.2) is 4.39 Å². The lowest BCUT2D eigenvalue weighted by Crippen LogP contribution is -2.48. The molecule has 0 radical (unpaired) electrons. The average molecular weight is 517 g/mol. The molecule has 1 amide bonds. The minimum Gasteiger partial charge on any atom is -0.507 e. The normalized spacial score (nSPS) is 13.7. The third-order valence-corrected chi connectivity index (χ3v) is 7.14. The zero-order chi connectivity index (χ0) is 26.1. The second-order valence-electron chi connectivity index (χ2n) is 8.91. The van der Waals surface area contributed by atoms with Gasteiger partial charge >= 0.3 is 0 Å². The summed E-state index contributed by atoms with van der Waals surface area (Å²) in [5, 5.41) is 21.6. The van der Waals surface area contributed by atoms with Crippen molar-refractivity contribution >= 4 is 34.1 Å². The van der Waals surface area contributed by atoms with Gasteiger partial charge in [-0.15, -0.1) is 10.2 Å². The van der Waals surface area contributed by atoms with E-state index in [1.54, 1.807) is 17.0 Å². The van der Waals surface area contributed by atoms with Crippen LogP contribution < -0.4 is 4.90 Å². The molecular formula is C29H26ClFN4O2. The highest BCUT2D eigenvalue weighted by molar-refractivity contribution is 6.34. The molecule has 4 aromatic rings. The second kappa shape index (κ2) is 10.2. The summed E-state index contributed by atoms with van der Waals surface area (Å²) in [4.78, 5) is 15.9. The molecule has 2 heterocycles. The zero-order valence-corrected chi connectivity index (χ0v) is 21.2. The fraction of sp³-hybridized carbons (Fsp3) is 0.207. The van der Waals surface area contributed by atoms with E-state index in [2.05, 4.69) is 28.6 Å². The molecule has 37 heavy (non-hydrogen) atoms. The number of phenolic OH excluding ortho intramolecular Hbond substituents is 1. The van der Waals surface area contributed by atoms with Gasteiger partial charge in [0.2, 0.25) is 5.91 Å². The number of fused-ring (bicyclic) bond motifs is 1. The number of hydrogen-bond donors (Lipinski definition) is 1. The molecule has 188 valence electrons. The first-order chi connectivity index (χ1) is 17.9. The van der Waals surface area contributed by atoms with E-state index in [0.717, 1.165) is 28.3 Å². The van der Waals surface area contributed by atoms with Crippen LogP contribution >= 0.6 is 11.6 Å². The van der Waals surface area contributed by atoms with Crippen molar-refractivity contribution in [2.45, 2.75) is 13.3 Å². The first-order valence-corrected chi connectivity index (χ1v) is 12.5. The number of aryl methyl sites for hydroxylation is 1. The molecule has 0 saturated carbocycles. The molecule has 0 spiro atoms. The molecule has 0 atom stereocenters. The van der Waals surface area contributed by atoms with Crippen molar-refractivity contribution in [3.05, 3.63) is 83.7 Å². The number of anilines is 1. The summed E-state index contributed by atoms with van der Waals surface area (Å²) in [5.41, 5.74) is 3.11. The fourth-order valence-corrected chi connectivity index (χ4v) is 5.15. The van der Waals surface area contributed by atoms with E-state index in [1.807, 2.05) is 24.3 Å². The summed E-state index contributed by atoms with van der Waals surface area (Å²) in [6.45, 7) is 7.86. The summed E-state index contributed by atoms with van der Waals surface area (Å²) >= 11 is 6.72. The third kappa shape index (κ3) is 4.51. The van der Waals surface area contributed by atoms with Crippen molar-refractivity contribution in [3.63, 3.8) is 0 Å². The van der Waals surface area contributed by atoms with Crippen LogP contribution in [0.3, 0.4) is 0 Å². The minimum absolute atomic E-state index is 0.0408. The number of piperazine rings is 1. The van der Waals surface area contributed by atoms with Crippen molar-refractivity contribution in [1.29, 1.82) is 0 Å². The van der Waals surface area contributed by atoms with Crippen LogP contribution in [0.4, 0.5) is 10.2 Å². The van der Waals surface area contributed by atoms with Crippen molar-refractivity contribution in [2.24, 2.45) is 0 Å². The summed E-state index contributed by atoms with van der Waals surface area (Å²) in [5.74, 6) is -0.215. The molecule has 8 heteroatoms. The number of hydrogen-bond acceptors (Lipinski definition) is 5. The minimum atomic E-state index is -0.568. The molecule has 1 saturated heterocycles. The molecule has 1 aliphatic heterocycles. The Bertz CT molecular complexity index is 1500. The number of nitrogens with zero attached hydrogens (tertiary/aromatic N) is 4. The van der Waals surface area contributed by atoms with Gasteiger partial charge in [-0.1, -0.05) is 55.4 Å². The van der Waals surface area contributed by atoms with Crippen LogP contribution in [0.2, 0.25) is 5.02 Å². The smallest absolute Gasteiger partial charge is 0.246 e. The molecule has 1 aliphatic rings. The van der Waals surface area contributed by atoms with Crippen molar-refractivity contribution in [2.75, 3.05) is 31.1 Å². The molecule has 0 aliphatic carbocycles. The quantitative estimate of drug-likeness (QED) is 0.336. The Labute approximate surface area is 219 Å². The number of benzene rings is 3. The Morgan fingerprint density at radius 3 is 2.51 bits per heavy atom. The Kier molecular flexibility index (Phi) is 6.80. The number of phenols is 1. The standard InChI is InChI=1S/C29H26ClFN4O2/c1-3-18-8-5-6-9-19(18)28-20-16-22(27-24(31)10-7-11-25(27)36)23(30)17-21(20)29(33-32-28)35-14-12-34(13-15-35)26(37)4-2/h4-11,16-17,36H,2-3,12-15H2,1H3. The molecule has 5 rings (SSSR count). The van der Waals surface area contributed by atoms with Crippen molar-refractivity contribution < 1.29 is 14.3 Å². The Morgan fingerprint density at radius 2 is 1.81 bits per heavy atom. The van der Waals surface area contributed by atoms with E-state index in [-0.39, 0.29) is 22.2 Å². The highest BCUT2D eigenvalue weighted by Gasteiger charge is 2.25. The van der Waals surface area contributed by atoms with Crippen LogP contribution in [0, 0.1) is 5.82 Å². The van der Waals surface area contributed by atoms with Crippen molar-refractivity contribution in [3.8, 4) is 28.1 Å². The predicted molar refractivity (Wildman–Crippen MR) is 145 cm³/mol. The first-order valence-electron chi connectivity index (χ1n) is 12.1. The lowest BCUT2D eigenvalue weighted by atomic mass is 9.95. The van der Waals surface area contributed by atoms with Gasteiger partial charge in [0.25, 0.3) is 0 Å². The van der Waals surface area contributed by atoms with Gasteiger partial charge in [0.1, 0.15) is 17.3 Å². The van der Waals surface area contributed by atoms with Gasteiger partial charge in [0, 0.05) is 53.1 Å². The van der Waals surface area contributed by atoms with Gasteiger partial charge in [-0.05, 0) is 42.3 Å². The lowest BCUT2D eigenvalue weighted by molar-refractivity contribution is -0.126. The molecule has 0 bridgehead atoms. The highest BCUT2D eigenvalue weighted by atomic mass is 35.5. The summed E-state index contributed by atoms with van der Waals surface area (Å²) in [6, 6.07) is 15.7. The molecule has 1 aromatic heterocycles. The van der Waals surface area contributed by atoms with Gasteiger partial charge in [0.15, 0.2) is 5.82 Å². The number of halogens is 2. The largest absolute Gasteiger partial charge is 0.507 e. The average Bonchev–Trinajstić information content (AvgIpc) is 2.92. The number of carbonyl (C=O) groups excluding carboxylic acids is 1. The topological polar surface area (TPSA) is 69.6 Å². The van der Waals surface area contributed by atoms with Crippen LogP contribution in [0.15, 0.2) is 67.3 Å². The third-order valence-electron chi connectivity index (χ3n) is 6.83. The van der Waals surface area contributed by atoms with Crippen LogP contribution in [-0.2, 0) is 11.2 Å². The van der Waals surface area contributed by atoms with Crippen LogP contribution in [0.25, 0.3) is 33.2 Å². The van der Waals surface area contributed by atoms with Gasteiger partial charge in [0.05, 0.1) is 5.56 Å². The van der Waals surface area contributed by atoms with Crippen molar-refractivity contribution in [1.82, 2.24) is 15.1 Å². The van der Waals surface area contributed by atoms with E-state index >= 15 is 0 Å². The van der Waals surface area contributed by atoms with Gasteiger partial charge in [-0.2, -0.15) is 0 Å². The molecule has 1 N–H and O–H groups in total. The summed E-state index contributed by atoms with van der Waals surface area (Å²) in [7, 11) is 0. The second-order valence-corrected chi connectivity index (χ2v) is 9.32. The molecule has 1 fully saturated rings. The van der Waals surface area contributed by atoms with E-state index in [1.165, 1.54) is 24.3 Å². The maximum Gasteiger partial charge on any atom is 0.246 e. The van der Waals surface area contributed by atoms with E-state index in [4.69, 9.17) is 11.6 Å². The van der Waals surface area contributed by atoms with Crippen LogP contribution in [0.5, 0.6) is 5.75 Å². The predicted octanol–water partition coefficient (Wildman–Crippen LogP) is 5.86. The van der Waals surface area contributed by atoms with Gasteiger partial charge < -0.3 is 14.9 Å². The van der Waals surface area contributed by atoms with Gasteiger partial charge in [-0.3, -0.25) is 4.79 Å². The van der Waals surface area contributed by atoms with Crippen LogP contribution in [0.1, 0.15) is 12.5 Å². The van der Waals surface area contributed by atoms with E-state index < -0.39 is 5.82 Å². The molecule has 0 unspecified atom stereocenters. The molecular weight excluding hydrogens is 491 g/mol. The highest BCUT2D eigenvalue weighted by Crippen LogP contribution is 2.42. The SMILES string of the molecule is C=CC(=O)N1CCN(c2nnc(-c3ccccc3CC)c3cc(-c4c(O)cccc4F)c(Cl)cc23)CC1. The lowest BCUT2D eigenvalue weighted by Gasteiger charge is -2.35. The number of amides is 1. The fourth-order valence-electron chi connectivity index (χ4n) is 4.89. The molecule has 6 nitrogen and oxygen atoms in total. The van der Waals surface area contributed by atoms with E-state index in [0.29, 0.717) is 43.3 Å². The monoisotopic (exact) mass is 516 g/mol. The number of aromatic hydroxyl groups is 1. The Morgan fingerprint density at radius 1 is 1.05 bits per heavy atom. The number of rotatable bonds is 5. The number of aromatic nitrogens is 2. The maximum atomic E-state index is 14.9. The first kappa shape index (κ1) is 24.7. The number of carbonyl (C=O) groups is 1. The van der Waals surface area contributed by atoms with Crippen LogP contribution in [-0.4, -0.2) is 52.3 Å². The summed E-state index contributed by atoms with van der Waals surface area (Å²) < 4.78 is 14.9. The van der Waals surface area contributed by atoms with E-state index in [9.17, 15) is 14.3 Å². The molecule has 3 aromatic carbocycles. The zero-order valence-electron chi connectivity index (χ0n) is 20.4. The maximum absolute atomic E-state index is 14.9.